The second-order valence-electron chi connectivity index (χ2n) is 4.34. The average Bonchev–Trinajstić information content (AvgIpc) is 2.42. The van der Waals surface area contributed by atoms with Gasteiger partial charge in [0.25, 0.3) is 0 Å². The van der Waals surface area contributed by atoms with E-state index in [1.165, 1.54) is 6.07 Å². The van der Waals surface area contributed by atoms with Crippen molar-refractivity contribution in [3.8, 4) is 0 Å². The van der Waals surface area contributed by atoms with E-state index in [1.54, 1.807) is 13.0 Å². The van der Waals surface area contributed by atoms with Crippen molar-refractivity contribution >= 4 is 33.2 Å². The molecule has 2 aromatic rings. The molecule has 0 unspecified atom stereocenters. The lowest BCUT2D eigenvalue weighted by molar-refractivity contribution is 0.580. The van der Waals surface area contributed by atoms with Gasteiger partial charge < -0.3 is 0 Å². The maximum atomic E-state index is 12.3. The van der Waals surface area contributed by atoms with Crippen LogP contribution < -0.4 is 4.72 Å². The number of nitrogens with one attached hydrogen (secondary N) is 1. The van der Waals surface area contributed by atoms with E-state index in [9.17, 15) is 8.42 Å². The fourth-order valence-electron chi connectivity index (χ4n) is 1.77. The number of rotatable bonds is 4. The summed E-state index contributed by atoms with van der Waals surface area (Å²) in [4.78, 5) is 0.142. The van der Waals surface area contributed by atoms with Crippen molar-refractivity contribution in [2.24, 2.45) is 0 Å². The van der Waals surface area contributed by atoms with Gasteiger partial charge in [-0.1, -0.05) is 53.5 Å². The van der Waals surface area contributed by atoms with E-state index in [2.05, 4.69) is 4.72 Å². The molecule has 0 aliphatic heterocycles. The monoisotopic (exact) mass is 329 g/mol. The smallest absolute Gasteiger partial charge is 0.207 e. The minimum Gasteiger partial charge on any atom is -0.207 e. The van der Waals surface area contributed by atoms with Gasteiger partial charge in [0.1, 0.15) is 0 Å². The first-order valence-corrected chi connectivity index (χ1v) is 8.13. The van der Waals surface area contributed by atoms with E-state index in [4.69, 9.17) is 23.2 Å². The summed E-state index contributed by atoms with van der Waals surface area (Å²) in [5.41, 5.74) is 1.44. The highest BCUT2D eigenvalue weighted by Crippen LogP contribution is 2.28. The zero-order valence-corrected chi connectivity index (χ0v) is 13.1. The Balaban J connectivity index is 2.25. The first-order valence-electron chi connectivity index (χ1n) is 5.89. The Hall–Kier alpha value is -1.07. The number of aryl methyl sites for hydroxylation is 1. The summed E-state index contributed by atoms with van der Waals surface area (Å²) in [5.74, 6) is 0. The Morgan fingerprint density at radius 1 is 1.05 bits per heavy atom. The summed E-state index contributed by atoms with van der Waals surface area (Å²) in [6, 6.07) is 12.2. The van der Waals surface area contributed by atoms with Crippen LogP contribution in [0.15, 0.2) is 47.4 Å². The fraction of sp³-hybridized carbons (Fsp3) is 0.143. The Morgan fingerprint density at radius 2 is 1.65 bits per heavy atom. The van der Waals surface area contributed by atoms with Crippen LogP contribution in [-0.2, 0) is 16.6 Å². The summed E-state index contributed by atoms with van der Waals surface area (Å²) in [5, 5.41) is 0.559. The summed E-state index contributed by atoms with van der Waals surface area (Å²) in [6.07, 6.45) is 0. The van der Waals surface area contributed by atoms with Crippen LogP contribution in [-0.4, -0.2) is 8.42 Å². The van der Waals surface area contributed by atoms with Gasteiger partial charge in [-0.15, -0.1) is 0 Å². The second kappa shape index (κ2) is 6.14. The van der Waals surface area contributed by atoms with Gasteiger partial charge in [0.05, 0.1) is 14.9 Å². The molecule has 0 bridgehead atoms. The molecule has 0 fully saturated rings. The van der Waals surface area contributed by atoms with E-state index in [0.29, 0.717) is 10.6 Å². The molecule has 0 radical (unpaired) electrons. The van der Waals surface area contributed by atoms with Crippen LogP contribution in [0.1, 0.15) is 11.1 Å². The standard InChI is InChI=1S/C14H13Cl2NO2S/c1-10-7-12(15)13(16)8-14(10)20(18,19)17-9-11-5-3-2-4-6-11/h2-8,17H,9H2,1H3. The van der Waals surface area contributed by atoms with Gasteiger partial charge in [-0.2, -0.15) is 0 Å². The van der Waals surface area contributed by atoms with E-state index < -0.39 is 10.0 Å². The predicted molar refractivity (Wildman–Crippen MR) is 81.7 cm³/mol. The number of hydrogen-bond donors (Lipinski definition) is 1. The van der Waals surface area contributed by atoms with Gasteiger partial charge in [-0.25, -0.2) is 13.1 Å². The third-order valence-corrected chi connectivity index (χ3v) is 5.08. The predicted octanol–water partition coefficient (Wildman–Crippen LogP) is 3.78. The van der Waals surface area contributed by atoms with Gasteiger partial charge >= 0.3 is 0 Å². The number of hydrogen-bond acceptors (Lipinski definition) is 2. The Labute approximate surface area is 128 Å². The molecule has 0 spiro atoms. The van der Waals surface area contributed by atoms with Crippen molar-refractivity contribution in [1.29, 1.82) is 0 Å². The Morgan fingerprint density at radius 3 is 2.30 bits per heavy atom. The highest BCUT2D eigenvalue weighted by Gasteiger charge is 2.18. The van der Waals surface area contributed by atoms with Crippen LogP contribution >= 0.6 is 23.2 Å². The van der Waals surface area contributed by atoms with Gasteiger partial charge in [0, 0.05) is 6.54 Å². The highest BCUT2D eigenvalue weighted by atomic mass is 35.5. The van der Waals surface area contributed by atoms with Crippen LogP contribution in [0.2, 0.25) is 10.0 Å². The quantitative estimate of drug-likeness (QED) is 0.927. The van der Waals surface area contributed by atoms with Crippen molar-refractivity contribution < 1.29 is 8.42 Å². The molecular formula is C14H13Cl2NO2S. The van der Waals surface area contributed by atoms with Gasteiger partial charge in [0.15, 0.2) is 0 Å². The first-order chi connectivity index (χ1) is 9.40. The normalized spacial score (nSPS) is 11.6. The molecular weight excluding hydrogens is 317 g/mol. The zero-order chi connectivity index (χ0) is 14.8. The van der Waals surface area contributed by atoms with Crippen LogP contribution in [0.5, 0.6) is 0 Å². The lowest BCUT2D eigenvalue weighted by atomic mass is 10.2. The van der Waals surface area contributed by atoms with Crippen LogP contribution in [0.4, 0.5) is 0 Å². The van der Waals surface area contributed by atoms with Gasteiger partial charge in [0.2, 0.25) is 10.0 Å². The van der Waals surface area contributed by atoms with Crippen molar-refractivity contribution in [1.82, 2.24) is 4.72 Å². The molecule has 0 heterocycles. The molecule has 0 aliphatic rings. The molecule has 1 N–H and O–H groups in total. The van der Waals surface area contributed by atoms with Gasteiger partial charge in [-0.3, -0.25) is 0 Å². The molecule has 2 aromatic carbocycles. The molecule has 0 aromatic heterocycles. The van der Waals surface area contributed by atoms with E-state index in [0.717, 1.165) is 5.56 Å². The lowest BCUT2D eigenvalue weighted by Crippen LogP contribution is -2.24. The summed E-state index contributed by atoms with van der Waals surface area (Å²) in [6.45, 7) is 1.90. The SMILES string of the molecule is Cc1cc(Cl)c(Cl)cc1S(=O)(=O)NCc1ccccc1. The van der Waals surface area contributed by atoms with Crippen molar-refractivity contribution in [3.05, 3.63) is 63.6 Å². The third-order valence-electron chi connectivity index (χ3n) is 2.82. The highest BCUT2D eigenvalue weighted by molar-refractivity contribution is 7.89. The molecule has 0 amide bonds. The summed E-state index contributed by atoms with van der Waals surface area (Å²) < 4.78 is 27.1. The summed E-state index contributed by atoms with van der Waals surface area (Å²) in [7, 11) is -3.62. The zero-order valence-electron chi connectivity index (χ0n) is 10.7. The maximum Gasteiger partial charge on any atom is 0.241 e. The molecule has 0 atom stereocenters. The fourth-order valence-corrected chi connectivity index (χ4v) is 3.48. The molecule has 20 heavy (non-hydrogen) atoms. The number of sulfonamides is 1. The Bertz CT molecular complexity index is 715. The second-order valence-corrected chi connectivity index (χ2v) is 6.89. The Kier molecular flexibility index (Phi) is 4.70. The van der Waals surface area contributed by atoms with E-state index in [-0.39, 0.29) is 16.5 Å². The number of halogens is 2. The van der Waals surface area contributed by atoms with E-state index in [1.807, 2.05) is 30.3 Å². The molecule has 3 nitrogen and oxygen atoms in total. The van der Waals surface area contributed by atoms with Crippen molar-refractivity contribution in [3.63, 3.8) is 0 Å². The van der Waals surface area contributed by atoms with Crippen LogP contribution in [0, 0.1) is 6.92 Å². The molecule has 0 saturated heterocycles. The topological polar surface area (TPSA) is 46.2 Å². The number of benzene rings is 2. The molecule has 6 heteroatoms. The van der Waals surface area contributed by atoms with Crippen LogP contribution in [0.3, 0.4) is 0 Å². The molecule has 0 aliphatic carbocycles. The minimum absolute atomic E-state index is 0.142. The molecule has 106 valence electrons. The van der Waals surface area contributed by atoms with E-state index >= 15 is 0 Å². The molecule has 2 rings (SSSR count). The van der Waals surface area contributed by atoms with Crippen molar-refractivity contribution in [2.75, 3.05) is 0 Å². The summed E-state index contributed by atoms with van der Waals surface area (Å²) >= 11 is 11.7. The third kappa shape index (κ3) is 3.52. The minimum atomic E-state index is -3.62. The average molecular weight is 330 g/mol. The maximum absolute atomic E-state index is 12.3. The van der Waals surface area contributed by atoms with Crippen LogP contribution in [0.25, 0.3) is 0 Å². The molecule has 0 saturated carbocycles. The lowest BCUT2D eigenvalue weighted by Gasteiger charge is -2.10. The van der Waals surface area contributed by atoms with Gasteiger partial charge in [-0.05, 0) is 30.2 Å². The first kappa shape index (κ1) is 15.3. The van der Waals surface area contributed by atoms with Crippen molar-refractivity contribution in [2.45, 2.75) is 18.4 Å². The largest absolute Gasteiger partial charge is 0.241 e.